The summed E-state index contributed by atoms with van der Waals surface area (Å²) in [5, 5.41) is 3.53. The third-order valence-corrected chi connectivity index (χ3v) is 3.10. The summed E-state index contributed by atoms with van der Waals surface area (Å²) >= 11 is 0. The first-order valence-corrected chi connectivity index (χ1v) is 5.94. The number of hydrogen-bond acceptors (Lipinski definition) is 2. The van der Waals surface area contributed by atoms with Gasteiger partial charge in [-0.3, -0.25) is 0 Å². The zero-order chi connectivity index (χ0) is 10.6. The molecule has 84 valence electrons. The first-order chi connectivity index (χ1) is 6.59. The summed E-state index contributed by atoms with van der Waals surface area (Å²) in [5.74, 6) is 1.82. The molecule has 2 nitrogen and oxygen atoms in total. The van der Waals surface area contributed by atoms with E-state index in [9.17, 15) is 0 Å². The van der Waals surface area contributed by atoms with Crippen LogP contribution in [0.15, 0.2) is 0 Å². The van der Waals surface area contributed by atoms with E-state index in [1.165, 1.54) is 12.8 Å². The zero-order valence-corrected chi connectivity index (χ0v) is 10.0. The van der Waals surface area contributed by atoms with Gasteiger partial charge in [-0.25, -0.2) is 0 Å². The quantitative estimate of drug-likeness (QED) is 0.663. The summed E-state index contributed by atoms with van der Waals surface area (Å²) in [6, 6.07) is 0.762. The fourth-order valence-corrected chi connectivity index (χ4v) is 1.93. The molecular formula is C12H25NO. The van der Waals surface area contributed by atoms with Gasteiger partial charge < -0.3 is 10.1 Å². The number of ether oxygens (including phenoxy) is 1. The normalized spacial score (nSPS) is 27.0. The molecule has 2 heteroatoms. The molecule has 0 aromatic rings. The van der Waals surface area contributed by atoms with Crippen molar-refractivity contribution in [1.82, 2.24) is 5.32 Å². The third kappa shape index (κ3) is 3.97. The standard InChI is InChI=1S/C12H25NO/c1-9(2)11-7-12(8-11)13-5-6-14-10(3)4/h9-13H,5-8H2,1-4H3. The van der Waals surface area contributed by atoms with E-state index in [-0.39, 0.29) is 0 Å². The van der Waals surface area contributed by atoms with E-state index in [1.807, 2.05) is 0 Å². The lowest BCUT2D eigenvalue weighted by Crippen LogP contribution is -2.44. The van der Waals surface area contributed by atoms with Crippen LogP contribution in [0.4, 0.5) is 0 Å². The van der Waals surface area contributed by atoms with Crippen LogP contribution in [0.1, 0.15) is 40.5 Å². The molecule has 0 heterocycles. The molecule has 14 heavy (non-hydrogen) atoms. The highest BCUT2D eigenvalue weighted by atomic mass is 16.5. The van der Waals surface area contributed by atoms with Crippen LogP contribution < -0.4 is 5.32 Å². The Kier molecular flexibility index (Phi) is 4.90. The lowest BCUT2D eigenvalue weighted by Gasteiger charge is -2.38. The lowest BCUT2D eigenvalue weighted by molar-refractivity contribution is 0.0727. The molecule has 0 saturated heterocycles. The summed E-state index contributed by atoms with van der Waals surface area (Å²) in [7, 11) is 0. The van der Waals surface area contributed by atoms with Gasteiger partial charge in [0.15, 0.2) is 0 Å². The van der Waals surface area contributed by atoms with Crippen LogP contribution >= 0.6 is 0 Å². The summed E-state index contributed by atoms with van der Waals surface area (Å²) in [6.07, 6.45) is 3.08. The van der Waals surface area contributed by atoms with Gasteiger partial charge in [-0.2, -0.15) is 0 Å². The molecule has 1 rings (SSSR count). The van der Waals surface area contributed by atoms with E-state index in [1.54, 1.807) is 0 Å². The van der Waals surface area contributed by atoms with E-state index in [0.717, 1.165) is 31.0 Å². The average molecular weight is 199 g/mol. The molecule has 0 spiro atoms. The molecule has 0 atom stereocenters. The summed E-state index contributed by atoms with van der Waals surface area (Å²) in [4.78, 5) is 0. The minimum absolute atomic E-state index is 0.363. The smallest absolute Gasteiger partial charge is 0.0594 e. The maximum Gasteiger partial charge on any atom is 0.0594 e. The van der Waals surface area contributed by atoms with Crippen molar-refractivity contribution < 1.29 is 4.74 Å². The third-order valence-electron chi connectivity index (χ3n) is 3.10. The Morgan fingerprint density at radius 3 is 2.36 bits per heavy atom. The molecule has 1 aliphatic rings. The summed E-state index contributed by atoms with van der Waals surface area (Å²) < 4.78 is 5.47. The average Bonchev–Trinajstić information content (AvgIpc) is 1.98. The monoisotopic (exact) mass is 199 g/mol. The predicted octanol–water partition coefficient (Wildman–Crippen LogP) is 2.44. The summed E-state index contributed by atoms with van der Waals surface area (Å²) in [5.41, 5.74) is 0. The van der Waals surface area contributed by atoms with Gasteiger partial charge in [0.05, 0.1) is 12.7 Å². The van der Waals surface area contributed by atoms with Crippen LogP contribution in [0.25, 0.3) is 0 Å². The first-order valence-electron chi connectivity index (χ1n) is 5.94. The van der Waals surface area contributed by atoms with E-state index in [0.29, 0.717) is 6.10 Å². The Hall–Kier alpha value is -0.0800. The lowest BCUT2D eigenvalue weighted by atomic mass is 9.74. The Bertz CT molecular complexity index is 150. The predicted molar refractivity (Wildman–Crippen MR) is 60.4 cm³/mol. The molecule has 1 fully saturated rings. The molecule has 0 bridgehead atoms. The Balaban J connectivity index is 1.91. The fraction of sp³-hybridized carbons (Fsp3) is 1.00. The van der Waals surface area contributed by atoms with Crippen molar-refractivity contribution in [2.75, 3.05) is 13.2 Å². The van der Waals surface area contributed by atoms with Gasteiger partial charge in [0.2, 0.25) is 0 Å². The molecule has 1 N–H and O–H groups in total. The SMILES string of the molecule is CC(C)OCCNC1CC(C(C)C)C1. The highest BCUT2D eigenvalue weighted by Gasteiger charge is 2.30. The second-order valence-corrected chi connectivity index (χ2v) is 5.05. The summed E-state index contributed by atoms with van der Waals surface area (Å²) in [6.45, 7) is 10.7. The fourth-order valence-electron chi connectivity index (χ4n) is 1.93. The molecule has 0 unspecified atom stereocenters. The number of rotatable bonds is 6. The molecular weight excluding hydrogens is 174 g/mol. The Morgan fingerprint density at radius 1 is 1.21 bits per heavy atom. The molecule has 0 amide bonds. The van der Waals surface area contributed by atoms with Crippen molar-refractivity contribution in [3.8, 4) is 0 Å². The van der Waals surface area contributed by atoms with E-state index in [4.69, 9.17) is 4.74 Å². The maximum atomic E-state index is 5.47. The van der Waals surface area contributed by atoms with Crippen LogP contribution in [0.2, 0.25) is 0 Å². The number of hydrogen-bond donors (Lipinski definition) is 1. The number of nitrogens with one attached hydrogen (secondary N) is 1. The second kappa shape index (κ2) is 5.72. The van der Waals surface area contributed by atoms with E-state index in [2.05, 4.69) is 33.0 Å². The largest absolute Gasteiger partial charge is 0.377 e. The van der Waals surface area contributed by atoms with Crippen molar-refractivity contribution in [1.29, 1.82) is 0 Å². The maximum absolute atomic E-state index is 5.47. The zero-order valence-electron chi connectivity index (χ0n) is 10.0. The molecule has 0 aliphatic heterocycles. The van der Waals surface area contributed by atoms with Gasteiger partial charge in [-0.1, -0.05) is 13.8 Å². The van der Waals surface area contributed by atoms with Gasteiger partial charge in [0, 0.05) is 12.6 Å². The molecule has 0 aromatic heterocycles. The Morgan fingerprint density at radius 2 is 1.86 bits per heavy atom. The van der Waals surface area contributed by atoms with Crippen molar-refractivity contribution in [3.05, 3.63) is 0 Å². The highest BCUT2D eigenvalue weighted by Crippen LogP contribution is 2.33. The van der Waals surface area contributed by atoms with Crippen molar-refractivity contribution >= 4 is 0 Å². The molecule has 0 radical (unpaired) electrons. The molecule has 0 aromatic carbocycles. The topological polar surface area (TPSA) is 21.3 Å². The van der Waals surface area contributed by atoms with E-state index >= 15 is 0 Å². The first kappa shape index (κ1) is 12.0. The van der Waals surface area contributed by atoms with Gasteiger partial charge in [0.25, 0.3) is 0 Å². The van der Waals surface area contributed by atoms with Gasteiger partial charge >= 0.3 is 0 Å². The van der Waals surface area contributed by atoms with Crippen molar-refractivity contribution in [3.63, 3.8) is 0 Å². The molecule has 1 aliphatic carbocycles. The van der Waals surface area contributed by atoms with E-state index < -0.39 is 0 Å². The van der Waals surface area contributed by atoms with Crippen LogP contribution in [0, 0.1) is 11.8 Å². The van der Waals surface area contributed by atoms with Gasteiger partial charge in [-0.15, -0.1) is 0 Å². The minimum atomic E-state index is 0.363. The highest BCUT2D eigenvalue weighted by molar-refractivity contribution is 4.86. The minimum Gasteiger partial charge on any atom is -0.377 e. The van der Waals surface area contributed by atoms with Crippen molar-refractivity contribution in [2.45, 2.75) is 52.7 Å². The van der Waals surface area contributed by atoms with Gasteiger partial charge in [-0.05, 0) is 38.5 Å². The van der Waals surface area contributed by atoms with Crippen LogP contribution in [-0.4, -0.2) is 25.3 Å². The van der Waals surface area contributed by atoms with Crippen LogP contribution in [0.5, 0.6) is 0 Å². The molecule has 1 saturated carbocycles. The van der Waals surface area contributed by atoms with Gasteiger partial charge in [0.1, 0.15) is 0 Å². The Labute approximate surface area is 88.4 Å². The van der Waals surface area contributed by atoms with Crippen molar-refractivity contribution in [2.24, 2.45) is 11.8 Å². The van der Waals surface area contributed by atoms with Crippen LogP contribution in [0.3, 0.4) is 0 Å². The second-order valence-electron chi connectivity index (χ2n) is 5.05. The van der Waals surface area contributed by atoms with Crippen LogP contribution in [-0.2, 0) is 4.74 Å².